The molecule has 2 heterocycles. The van der Waals surface area contributed by atoms with Crippen molar-refractivity contribution < 1.29 is 52.5 Å². The van der Waals surface area contributed by atoms with E-state index in [0.29, 0.717) is 56.9 Å². The summed E-state index contributed by atoms with van der Waals surface area (Å²) in [4.78, 5) is 73.4. The number of piperidine rings is 1. The fourth-order valence-corrected chi connectivity index (χ4v) is 9.31. The molecule has 3 N–H and O–H groups in total. The molecular formula is C50H74IN4O7V-. The zero-order valence-corrected chi connectivity index (χ0v) is 42.5. The minimum atomic E-state index is -0.830. The Bertz CT molecular complexity index is 1740. The van der Waals surface area contributed by atoms with Crippen molar-refractivity contribution in [2.24, 2.45) is 29.6 Å². The minimum Gasteiger partial charge on any atom is -0.445 e. The molecule has 5 atom stereocenters. The van der Waals surface area contributed by atoms with E-state index in [1.165, 1.54) is 5.06 Å². The van der Waals surface area contributed by atoms with Gasteiger partial charge in [0.2, 0.25) is 11.8 Å². The van der Waals surface area contributed by atoms with E-state index in [4.69, 9.17) is 4.74 Å². The van der Waals surface area contributed by atoms with Crippen LogP contribution >= 0.6 is 22.6 Å². The summed E-state index contributed by atoms with van der Waals surface area (Å²) in [6.45, 7) is 16.9. The SMILES string of the molecule is CC(C)C[C@H](C)/C=C/[C@H](Cc1ccccc1)C(=O)N1CCC[C@H]1C(=O)C[C@@H](C)C(=O)N[C@@H](CCCNC(=O)OCc1ccccc1)C(=O)CC1CC(C)(C)N(O)C(C)(C)C1.[CH2-]I.[V]. The molecular weight excluding hydrogens is 946 g/mol. The molecule has 0 spiro atoms. The Morgan fingerprint density at radius 2 is 1.49 bits per heavy atom. The van der Waals surface area contributed by atoms with Crippen molar-refractivity contribution in [1.82, 2.24) is 20.6 Å². The standard InChI is InChI=1S/C49H72N4O7.CH2I.V/c1-34(2)27-35(3)23-24-40(29-37-17-11-9-12-18-37)46(57)52-26-16-22-42(52)44(55)28-36(4)45(56)51-41(21-15-25-50-47(58)60-33-38-19-13-10-14-20-38)43(54)30-39-31-48(5,6)53(59)49(7,8)32-39;1-2;/h9-14,17-20,23-24,34-36,39-42,59H,15-16,21-22,25-33H2,1-8H3,(H,50,58)(H,51,56);1H2;/q;-1;/b24-23+;;/t35-,36-,40-,41+,42+;;/m1../s1. The Morgan fingerprint density at radius 1 is 0.905 bits per heavy atom. The molecule has 0 aromatic heterocycles. The first-order chi connectivity index (χ1) is 29.4. The summed E-state index contributed by atoms with van der Waals surface area (Å²) in [6.07, 6.45) is 8.46. The van der Waals surface area contributed by atoms with Gasteiger partial charge in [0.15, 0.2) is 11.6 Å². The van der Waals surface area contributed by atoms with Gasteiger partial charge in [-0.1, -0.05) is 101 Å². The fourth-order valence-electron chi connectivity index (χ4n) is 9.31. The number of hydrogen-bond acceptors (Lipinski definition) is 8. The molecule has 349 valence electrons. The molecule has 2 aliphatic heterocycles. The molecule has 3 amide bonds. The smallest absolute Gasteiger partial charge is 0.407 e. The molecule has 1 radical (unpaired) electrons. The second-order valence-corrected chi connectivity index (χ2v) is 19.1. The van der Waals surface area contributed by atoms with Crippen molar-refractivity contribution in [2.75, 3.05) is 13.1 Å². The third-order valence-corrected chi connectivity index (χ3v) is 12.1. The maximum absolute atomic E-state index is 14.2. The summed E-state index contributed by atoms with van der Waals surface area (Å²) >= 11 is 1.90. The van der Waals surface area contributed by atoms with Gasteiger partial charge in [-0.25, -0.2) is 4.79 Å². The number of amides is 3. The number of rotatable bonds is 21. The number of alkyl carbamates (subject to hydrolysis) is 1. The monoisotopic (exact) mass is 1020 g/mol. The molecule has 4 rings (SSSR count). The Morgan fingerprint density at radius 3 is 2.08 bits per heavy atom. The predicted octanol–water partition coefficient (Wildman–Crippen LogP) is 9.69. The number of nitrogens with zero attached hydrogens (tertiary/aromatic N) is 2. The van der Waals surface area contributed by atoms with Crippen molar-refractivity contribution in [3.05, 3.63) is 88.9 Å². The van der Waals surface area contributed by atoms with E-state index >= 15 is 0 Å². The number of allylic oxidation sites excluding steroid dienone is 1. The van der Waals surface area contributed by atoms with E-state index < -0.39 is 47.0 Å². The average molecular weight is 1020 g/mol. The van der Waals surface area contributed by atoms with Crippen LogP contribution < -0.4 is 10.6 Å². The van der Waals surface area contributed by atoms with Crippen LogP contribution in [0.25, 0.3) is 0 Å². The van der Waals surface area contributed by atoms with Gasteiger partial charge in [-0.05, 0) is 108 Å². The Labute approximate surface area is 403 Å². The van der Waals surface area contributed by atoms with E-state index in [9.17, 15) is 29.2 Å². The Balaban J connectivity index is 0.00000448. The van der Waals surface area contributed by atoms with Crippen molar-refractivity contribution in [3.63, 3.8) is 0 Å². The van der Waals surface area contributed by atoms with E-state index in [1.54, 1.807) is 11.8 Å². The molecule has 0 bridgehead atoms. The summed E-state index contributed by atoms with van der Waals surface area (Å²) in [7, 11) is 0. The first kappa shape index (κ1) is 56.1. The summed E-state index contributed by atoms with van der Waals surface area (Å²) in [5.41, 5.74) is 0.845. The van der Waals surface area contributed by atoms with Gasteiger partial charge in [-0.3, -0.25) is 24.1 Å². The van der Waals surface area contributed by atoms with Gasteiger partial charge in [0, 0.05) is 61.5 Å². The van der Waals surface area contributed by atoms with Gasteiger partial charge in [-0.15, -0.1) is 0 Å². The van der Waals surface area contributed by atoms with Crippen LogP contribution in [0.5, 0.6) is 0 Å². The van der Waals surface area contributed by atoms with Crippen LogP contribution in [0, 0.1) is 34.5 Å². The van der Waals surface area contributed by atoms with E-state index in [2.05, 4.69) is 42.4 Å². The molecule has 2 fully saturated rings. The first-order valence-electron chi connectivity index (χ1n) is 22.4. The molecule has 2 aromatic rings. The Hall–Kier alpha value is -3.04. The van der Waals surface area contributed by atoms with Crippen LogP contribution in [0.1, 0.15) is 124 Å². The zero-order chi connectivity index (χ0) is 46.0. The quantitative estimate of drug-likeness (QED) is 0.0486. The summed E-state index contributed by atoms with van der Waals surface area (Å²) < 4.78 is 5.33. The van der Waals surface area contributed by atoms with Crippen molar-refractivity contribution >= 4 is 52.1 Å². The maximum atomic E-state index is 14.2. The van der Waals surface area contributed by atoms with Gasteiger partial charge >= 0.3 is 6.09 Å². The van der Waals surface area contributed by atoms with Crippen LogP contribution in [-0.2, 0) is 55.5 Å². The molecule has 0 saturated carbocycles. The number of halogens is 1. The number of carbonyl (C=O) groups excluding carboxylic acids is 5. The summed E-state index contributed by atoms with van der Waals surface area (Å²) in [5, 5.41) is 17.9. The second-order valence-electron chi connectivity index (χ2n) is 19.1. The number of likely N-dealkylation sites (tertiary alicyclic amines) is 1. The van der Waals surface area contributed by atoms with Gasteiger partial charge in [0.05, 0.1) is 18.0 Å². The Kier molecular flexibility index (Phi) is 24.4. The van der Waals surface area contributed by atoms with E-state index in [-0.39, 0.29) is 74.4 Å². The molecule has 13 heteroatoms. The number of carbonyl (C=O) groups is 5. The van der Waals surface area contributed by atoms with E-state index in [0.717, 1.165) is 17.5 Å². The number of Topliss-reactive ketones (excluding diaryl/α,β-unsaturated/α-hetero) is 2. The molecule has 0 aliphatic carbocycles. The van der Waals surface area contributed by atoms with E-state index in [1.807, 2.05) is 117 Å². The number of nitrogens with one attached hydrogen (secondary N) is 2. The number of ketones is 2. The number of hydrogen-bond donors (Lipinski definition) is 3. The third kappa shape index (κ3) is 18.4. The molecule has 0 unspecified atom stereocenters. The molecule has 11 nitrogen and oxygen atoms in total. The van der Waals surface area contributed by atoms with Crippen molar-refractivity contribution in [2.45, 2.75) is 149 Å². The molecule has 2 aliphatic rings. The molecule has 63 heavy (non-hydrogen) atoms. The third-order valence-electron chi connectivity index (χ3n) is 12.1. The van der Waals surface area contributed by atoms with Crippen LogP contribution in [0.15, 0.2) is 72.8 Å². The minimum absolute atomic E-state index is 0. The van der Waals surface area contributed by atoms with Gasteiger partial charge in [-0.2, -0.15) is 5.06 Å². The normalized spacial score (nSPS) is 19.2. The number of ether oxygens (including phenoxy) is 1. The van der Waals surface area contributed by atoms with Gasteiger partial charge < -0.3 is 48.1 Å². The van der Waals surface area contributed by atoms with Crippen molar-refractivity contribution in [1.29, 1.82) is 0 Å². The van der Waals surface area contributed by atoms with Crippen molar-refractivity contribution in [3.8, 4) is 0 Å². The van der Waals surface area contributed by atoms with Crippen LogP contribution in [0.2, 0.25) is 0 Å². The van der Waals surface area contributed by atoms with Crippen LogP contribution in [-0.4, -0.2) is 80.9 Å². The molecule has 2 aromatic carbocycles. The largest absolute Gasteiger partial charge is 0.445 e. The zero-order valence-electron chi connectivity index (χ0n) is 39.0. The maximum Gasteiger partial charge on any atom is 0.407 e. The first-order valence-corrected chi connectivity index (χ1v) is 24.0. The van der Waals surface area contributed by atoms with Gasteiger partial charge in [0.25, 0.3) is 0 Å². The molecule has 2 saturated heterocycles. The summed E-state index contributed by atoms with van der Waals surface area (Å²) in [5.74, 6) is -1.06. The topological polar surface area (TPSA) is 145 Å². The number of benzene rings is 2. The second kappa shape index (κ2) is 27.4. The van der Waals surface area contributed by atoms with Crippen LogP contribution in [0.3, 0.4) is 0 Å². The number of hydroxylamine groups is 2. The predicted molar refractivity (Wildman–Crippen MR) is 254 cm³/mol. The fraction of sp³-hybridized carbons (Fsp3) is 0.600. The summed E-state index contributed by atoms with van der Waals surface area (Å²) in [6, 6.07) is 17.9. The van der Waals surface area contributed by atoms with Crippen LogP contribution in [0.4, 0.5) is 4.79 Å². The average Bonchev–Trinajstić information content (AvgIpc) is 3.73. The van der Waals surface area contributed by atoms with Gasteiger partial charge in [0.1, 0.15) is 6.61 Å².